The van der Waals surface area contributed by atoms with Crippen LogP contribution in [0.15, 0.2) is 27.0 Å². The summed E-state index contributed by atoms with van der Waals surface area (Å²) in [5, 5.41) is 9.08. The fraction of sp³-hybridized carbons (Fsp3) is 0.273. The second-order valence-corrected chi connectivity index (χ2v) is 6.59. The quantitative estimate of drug-likeness (QED) is 0.796. The summed E-state index contributed by atoms with van der Waals surface area (Å²) in [6, 6.07) is 5.97. The van der Waals surface area contributed by atoms with Crippen LogP contribution in [0.25, 0.3) is 0 Å². The molecule has 0 bridgehead atoms. The smallest absolute Gasteiger partial charge is 0.174 e. The summed E-state index contributed by atoms with van der Waals surface area (Å²) < 4.78 is 7.30. The number of methoxy groups -OCH3 is 1. The molecule has 17 heavy (non-hydrogen) atoms. The summed E-state index contributed by atoms with van der Waals surface area (Å²) in [6.07, 6.45) is 0. The molecule has 0 atom stereocenters. The summed E-state index contributed by atoms with van der Waals surface area (Å²) >= 11 is 6.84. The van der Waals surface area contributed by atoms with Crippen molar-refractivity contribution in [3.63, 3.8) is 0 Å². The van der Waals surface area contributed by atoms with Crippen LogP contribution in [0.1, 0.15) is 10.6 Å². The minimum Gasteiger partial charge on any atom is -0.497 e. The van der Waals surface area contributed by atoms with Crippen LogP contribution in [-0.2, 0) is 5.75 Å². The second kappa shape index (κ2) is 5.84. The van der Waals surface area contributed by atoms with Crippen LogP contribution in [0.2, 0.25) is 0 Å². The fourth-order valence-electron chi connectivity index (χ4n) is 1.26. The Morgan fingerprint density at radius 1 is 1.41 bits per heavy atom. The summed E-state index contributed by atoms with van der Waals surface area (Å²) in [7, 11) is 1.67. The van der Waals surface area contributed by atoms with E-state index in [9.17, 15) is 0 Å². The van der Waals surface area contributed by atoms with Crippen molar-refractivity contribution in [2.75, 3.05) is 7.11 Å². The lowest BCUT2D eigenvalue weighted by atomic mass is 10.2. The van der Waals surface area contributed by atoms with E-state index in [2.05, 4.69) is 26.1 Å². The van der Waals surface area contributed by atoms with Gasteiger partial charge in [0.1, 0.15) is 10.8 Å². The molecule has 0 aliphatic carbocycles. The molecule has 0 fully saturated rings. The highest BCUT2D eigenvalue weighted by molar-refractivity contribution is 9.10. The van der Waals surface area contributed by atoms with Gasteiger partial charge in [0, 0.05) is 10.2 Å². The Morgan fingerprint density at radius 2 is 2.24 bits per heavy atom. The van der Waals surface area contributed by atoms with E-state index >= 15 is 0 Å². The van der Waals surface area contributed by atoms with Crippen LogP contribution in [0.3, 0.4) is 0 Å². The molecular formula is C11H11BrN2OS2. The summed E-state index contributed by atoms with van der Waals surface area (Å²) in [5.74, 6) is 1.73. The average molecular weight is 331 g/mol. The Kier molecular flexibility index (Phi) is 4.42. The van der Waals surface area contributed by atoms with E-state index in [1.54, 1.807) is 30.2 Å². The van der Waals surface area contributed by atoms with Gasteiger partial charge in [0.25, 0.3) is 0 Å². The van der Waals surface area contributed by atoms with Gasteiger partial charge in [-0.25, -0.2) is 0 Å². The van der Waals surface area contributed by atoms with Gasteiger partial charge >= 0.3 is 0 Å². The summed E-state index contributed by atoms with van der Waals surface area (Å²) in [4.78, 5) is 0. The Labute approximate surface area is 117 Å². The summed E-state index contributed by atoms with van der Waals surface area (Å²) in [5.41, 5.74) is 1.20. The maximum Gasteiger partial charge on any atom is 0.174 e. The Balaban J connectivity index is 2.07. The molecule has 2 rings (SSSR count). The topological polar surface area (TPSA) is 35.0 Å². The van der Waals surface area contributed by atoms with Gasteiger partial charge in [0.05, 0.1) is 7.11 Å². The molecule has 0 saturated heterocycles. The lowest BCUT2D eigenvalue weighted by Gasteiger charge is -2.05. The van der Waals surface area contributed by atoms with Crippen molar-refractivity contribution in [2.24, 2.45) is 0 Å². The normalized spacial score (nSPS) is 10.5. The zero-order chi connectivity index (χ0) is 12.3. The van der Waals surface area contributed by atoms with Crippen molar-refractivity contribution < 1.29 is 4.74 Å². The predicted molar refractivity (Wildman–Crippen MR) is 74.9 cm³/mol. The van der Waals surface area contributed by atoms with E-state index < -0.39 is 0 Å². The van der Waals surface area contributed by atoms with Gasteiger partial charge in [0.2, 0.25) is 0 Å². The molecule has 0 aliphatic rings. The molecular weight excluding hydrogens is 320 g/mol. The van der Waals surface area contributed by atoms with Crippen molar-refractivity contribution in [3.8, 4) is 5.75 Å². The van der Waals surface area contributed by atoms with Crippen molar-refractivity contribution in [3.05, 3.63) is 33.2 Å². The van der Waals surface area contributed by atoms with Gasteiger partial charge in [-0.15, -0.1) is 10.2 Å². The number of aromatic nitrogens is 2. The number of benzene rings is 1. The van der Waals surface area contributed by atoms with Gasteiger partial charge in [-0.2, -0.15) is 0 Å². The first-order valence-corrected chi connectivity index (χ1v) is 7.54. The minimum absolute atomic E-state index is 0.854. The molecule has 0 radical (unpaired) electrons. The third kappa shape index (κ3) is 3.43. The number of halogens is 1. The highest BCUT2D eigenvalue weighted by Crippen LogP contribution is 2.30. The van der Waals surface area contributed by atoms with Gasteiger partial charge in [-0.05, 0) is 30.7 Å². The lowest BCUT2D eigenvalue weighted by molar-refractivity contribution is 0.414. The zero-order valence-corrected chi connectivity index (χ0v) is 12.7. The Morgan fingerprint density at radius 3 is 2.88 bits per heavy atom. The van der Waals surface area contributed by atoms with Gasteiger partial charge < -0.3 is 4.74 Å². The molecule has 0 amide bonds. The molecule has 3 nitrogen and oxygen atoms in total. The first-order chi connectivity index (χ1) is 8.19. The number of ether oxygens (including phenoxy) is 1. The van der Waals surface area contributed by atoms with Crippen molar-refractivity contribution in [1.29, 1.82) is 0 Å². The predicted octanol–water partition coefficient (Wildman–Crippen LogP) is 3.91. The molecule has 6 heteroatoms. The zero-order valence-electron chi connectivity index (χ0n) is 9.44. The SMILES string of the molecule is COc1ccc(Br)c(CSc2nnc(C)s2)c1. The van der Waals surface area contributed by atoms with E-state index in [4.69, 9.17) is 4.74 Å². The van der Waals surface area contributed by atoms with E-state index in [1.165, 1.54) is 5.56 Å². The lowest BCUT2D eigenvalue weighted by Crippen LogP contribution is -1.87. The number of thioether (sulfide) groups is 1. The monoisotopic (exact) mass is 330 g/mol. The third-order valence-corrected chi connectivity index (χ3v) is 4.91. The molecule has 0 saturated carbocycles. The van der Waals surface area contributed by atoms with Crippen LogP contribution in [-0.4, -0.2) is 17.3 Å². The van der Waals surface area contributed by atoms with Crippen LogP contribution >= 0.6 is 39.0 Å². The van der Waals surface area contributed by atoms with Gasteiger partial charge in [0.15, 0.2) is 4.34 Å². The van der Waals surface area contributed by atoms with Crippen LogP contribution in [0.5, 0.6) is 5.75 Å². The largest absolute Gasteiger partial charge is 0.497 e. The molecule has 2 aromatic rings. The number of hydrogen-bond donors (Lipinski definition) is 0. The van der Waals surface area contributed by atoms with Crippen molar-refractivity contribution in [2.45, 2.75) is 17.0 Å². The second-order valence-electron chi connectivity index (χ2n) is 3.33. The Bertz CT molecular complexity index is 516. The molecule has 0 N–H and O–H groups in total. The van der Waals surface area contributed by atoms with E-state index in [1.807, 2.05) is 25.1 Å². The standard InChI is InChI=1S/C11H11BrN2OS2/c1-7-13-14-11(17-7)16-6-8-5-9(15-2)3-4-10(8)12/h3-5H,6H2,1-2H3. The van der Waals surface area contributed by atoms with Crippen LogP contribution < -0.4 is 4.74 Å². The van der Waals surface area contributed by atoms with Gasteiger partial charge in [-0.1, -0.05) is 39.0 Å². The third-order valence-electron chi connectivity index (χ3n) is 2.11. The molecule has 90 valence electrons. The van der Waals surface area contributed by atoms with E-state index in [-0.39, 0.29) is 0 Å². The number of aryl methyl sites for hydroxylation is 1. The Hall–Kier alpha value is -0.590. The maximum absolute atomic E-state index is 5.21. The first-order valence-electron chi connectivity index (χ1n) is 4.94. The highest BCUT2D eigenvalue weighted by Gasteiger charge is 2.06. The number of rotatable bonds is 4. The minimum atomic E-state index is 0.854. The molecule has 1 aromatic carbocycles. The van der Waals surface area contributed by atoms with Crippen LogP contribution in [0.4, 0.5) is 0 Å². The van der Waals surface area contributed by atoms with E-state index in [0.717, 1.165) is 25.3 Å². The molecule has 0 spiro atoms. The number of nitrogens with zero attached hydrogens (tertiary/aromatic N) is 2. The molecule has 0 unspecified atom stereocenters. The molecule has 1 aromatic heterocycles. The molecule has 0 aliphatic heterocycles. The first kappa shape index (κ1) is 12.9. The van der Waals surface area contributed by atoms with Crippen molar-refractivity contribution >= 4 is 39.0 Å². The van der Waals surface area contributed by atoms with Gasteiger partial charge in [-0.3, -0.25) is 0 Å². The fourth-order valence-corrected chi connectivity index (χ4v) is 3.64. The number of hydrogen-bond acceptors (Lipinski definition) is 5. The molecule has 1 heterocycles. The highest BCUT2D eigenvalue weighted by atomic mass is 79.9. The summed E-state index contributed by atoms with van der Waals surface area (Å²) in [6.45, 7) is 1.96. The van der Waals surface area contributed by atoms with Crippen molar-refractivity contribution in [1.82, 2.24) is 10.2 Å². The maximum atomic E-state index is 5.21. The van der Waals surface area contributed by atoms with E-state index in [0.29, 0.717) is 0 Å². The van der Waals surface area contributed by atoms with Crippen LogP contribution in [0, 0.1) is 6.92 Å². The average Bonchev–Trinajstić information content (AvgIpc) is 2.74.